The fourth-order valence-electron chi connectivity index (χ4n) is 1.18. The molecule has 1 aromatic carbocycles. The zero-order chi connectivity index (χ0) is 9.42. The van der Waals surface area contributed by atoms with Gasteiger partial charge >= 0.3 is 5.63 Å². The van der Waals surface area contributed by atoms with Crippen molar-refractivity contribution in [1.29, 1.82) is 0 Å². The van der Waals surface area contributed by atoms with Crippen LogP contribution in [0.1, 0.15) is 0 Å². The van der Waals surface area contributed by atoms with E-state index in [9.17, 15) is 4.79 Å². The summed E-state index contributed by atoms with van der Waals surface area (Å²) in [4.78, 5) is 10.9. The Morgan fingerprint density at radius 1 is 1.31 bits per heavy atom. The molecule has 0 fully saturated rings. The van der Waals surface area contributed by atoms with Gasteiger partial charge in [0.25, 0.3) is 0 Å². The van der Waals surface area contributed by atoms with E-state index < -0.39 is 5.63 Å². The molecule has 0 spiro atoms. The van der Waals surface area contributed by atoms with Crippen LogP contribution in [0.2, 0.25) is 0 Å². The first-order valence-electron chi connectivity index (χ1n) is 3.69. The number of hydrogen-bond acceptors (Lipinski definition) is 4. The van der Waals surface area contributed by atoms with Crippen molar-refractivity contribution in [2.75, 3.05) is 5.73 Å². The molecule has 0 saturated heterocycles. The Balaban J connectivity index is 2.94. The molecule has 0 atom stereocenters. The number of phenolic OH excluding ortho intramolecular Hbond substituents is 1. The molecule has 4 nitrogen and oxygen atoms in total. The first-order valence-corrected chi connectivity index (χ1v) is 3.69. The maximum Gasteiger partial charge on any atom is 0.338 e. The lowest BCUT2D eigenvalue weighted by Crippen LogP contribution is -1.99. The third kappa shape index (κ3) is 1.22. The van der Waals surface area contributed by atoms with Crippen LogP contribution in [0.5, 0.6) is 5.75 Å². The van der Waals surface area contributed by atoms with Gasteiger partial charge in [-0.15, -0.1) is 0 Å². The van der Waals surface area contributed by atoms with Gasteiger partial charge in [-0.25, -0.2) is 4.79 Å². The van der Waals surface area contributed by atoms with Gasteiger partial charge in [-0.2, -0.15) is 0 Å². The predicted molar refractivity (Wildman–Crippen MR) is 48.6 cm³/mol. The van der Waals surface area contributed by atoms with Crippen LogP contribution in [0.25, 0.3) is 11.0 Å². The fraction of sp³-hybridized carbons (Fsp3) is 0. The highest BCUT2D eigenvalue weighted by atomic mass is 16.4. The number of anilines is 1. The lowest BCUT2D eigenvalue weighted by molar-refractivity contribution is 0.473. The number of rotatable bonds is 0. The molecule has 0 saturated carbocycles. The molecule has 0 unspecified atom stereocenters. The number of benzene rings is 1. The third-order valence-corrected chi connectivity index (χ3v) is 1.76. The molecule has 0 amide bonds. The molecular formula is C9H7NO3. The second-order valence-corrected chi connectivity index (χ2v) is 2.70. The van der Waals surface area contributed by atoms with Crippen molar-refractivity contribution in [1.82, 2.24) is 0 Å². The van der Waals surface area contributed by atoms with E-state index in [2.05, 4.69) is 0 Å². The summed E-state index contributed by atoms with van der Waals surface area (Å²) >= 11 is 0. The highest BCUT2D eigenvalue weighted by Gasteiger charge is 2.02. The van der Waals surface area contributed by atoms with Gasteiger partial charge in [0.2, 0.25) is 0 Å². The topological polar surface area (TPSA) is 76.5 Å². The molecule has 4 heteroatoms. The molecule has 2 aromatic rings. The van der Waals surface area contributed by atoms with E-state index in [0.29, 0.717) is 16.7 Å². The quantitative estimate of drug-likeness (QED) is 0.590. The summed E-state index contributed by atoms with van der Waals surface area (Å²) < 4.78 is 4.83. The van der Waals surface area contributed by atoms with Crippen molar-refractivity contribution < 1.29 is 9.52 Å². The Kier molecular flexibility index (Phi) is 1.48. The number of nitrogens with two attached hydrogens (primary N) is 1. The van der Waals surface area contributed by atoms with E-state index in [-0.39, 0.29) is 5.75 Å². The van der Waals surface area contributed by atoms with Crippen molar-refractivity contribution in [3.8, 4) is 5.75 Å². The normalized spacial score (nSPS) is 10.5. The maximum atomic E-state index is 10.9. The van der Waals surface area contributed by atoms with Crippen molar-refractivity contribution in [2.45, 2.75) is 0 Å². The molecule has 13 heavy (non-hydrogen) atoms. The minimum atomic E-state index is -0.518. The number of hydrogen-bond donors (Lipinski definition) is 2. The number of aromatic hydroxyl groups is 1. The standard InChI is InChI=1S/C9H7NO3/c10-7-4-9(12)13-8-3-5(11)1-2-6(7)8/h1-4,11H,10H2. The molecule has 3 N–H and O–H groups in total. The SMILES string of the molecule is Nc1cc(=O)oc2cc(O)ccc12. The van der Waals surface area contributed by atoms with Gasteiger partial charge in [0.05, 0.1) is 0 Å². The van der Waals surface area contributed by atoms with Gasteiger partial charge in [0.1, 0.15) is 11.3 Å². The molecule has 66 valence electrons. The second-order valence-electron chi connectivity index (χ2n) is 2.70. The Hall–Kier alpha value is -1.97. The highest BCUT2D eigenvalue weighted by Crippen LogP contribution is 2.22. The number of fused-ring (bicyclic) bond motifs is 1. The van der Waals surface area contributed by atoms with Crippen LogP contribution in [0.15, 0.2) is 33.5 Å². The Bertz CT molecular complexity index is 516. The summed E-state index contributed by atoms with van der Waals surface area (Å²) in [5.74, 6) is 0.0428. The van der Waals surface area contributed by atoms with Gasteiger partial charge in [0.15, 0.2) is 0 Å². The van der Waals surface area contributed by atoms with Crippen LogP contribution < -0.4 is 11.4 Å². The summed E-state index contributed by atoms with van der Waals surface area (Å²) in [6, 6.07) is 5.65. The molecule has 1 aromatic heterocycles. The molecule has 0 aliphatic heterocycles. The third-order valence-electron chi connectivity index (χ3n) is 1.76. The molecule has 2 rings (SSSR count). The van der Waals surface area contributed by atoms with E-state index in [4.69, 9.17) is 15.3 Å². The van der Waals surface area contributed by atoms with Crippen LogP contribution in [0.4, 0.5) is 5.69 Å². The van der Waals surface area contributed by atoms with Crippen molar-refractivity contribution in [3.63, 3.8) is 0 Å². The fourth-order valence-corrected chi connectivity index (χ4v) is 1.18. The zero-order valence-corrected chi connectivity index (χ0v) is 6.65. The molecule has 0 bridgehead atoms. The summed E-state index contributed by atoms with van der Waals surface area (Å²) in [5.41, 5.74) is 5.70. The minimum Gasteiger partial charge on any atom is -0.508 e. The van der Waals surface area contributed by atoms with Gasteiger partial charge in [-0.3, -0.25) is 0 Å². The van der Waals surface area contributed by atoms with Crippen molar-refractivity contribution in [2.24, 2.45) is 0 Å². The monoisotopic (exact) mass is 177 g/mol. The maximum absolute atomic E-state index is 10.9. The largest absolute Gasteiger partial charge is 0.508 e. The van der Waals surface area contributed by atoms with Crippen LogP contribution in [0.3, 0.4) is 0 Å². The zero-order valence-electron chi connectivity index (χ0n) is 6.65. The van der Waals surface area contributed by atoms with Gasteiger partial charge in [-0.05, 0) is 12.1 Å². The van der Waals surface area contributed by atoms with E-state index in [0.717, 1.165) is 0 Å². The average molecular weight is 177 g/mol. The van der Waals surface area contributed by atoms with Crippen LogP contribution in [-0.2, 0) is 0 Å². The molecule has 0 aliphatic carbocycles. The molecular weight excluding hydrogens is 170 g/mol. The van der Waals surface area contributed by atoms with Gasteiger partial charge in [0, 0.05) is 23.2 Å². The number of phenols is 1. The minimum absolute atomic E-state index is 0.0428. The van der Waals surface area contributed by atoms with Crippen molar-refractivity contribution in [3.05, 3.63) is 34.7 Å². The van der Waals surface area contributed by atoms with Crippen LogP contribution in [0, 0.1) is 0 Å². The van der Waals surface area contributed by atoms with E-state index in [1.807, 2.05) is 0 Å². The lowest BCUT2D eigenvalue weighted by atomic mass is 10.2. The lowest BCUT2D eigenvalue weighted by Gasteiger charge is -1.99. The molecule has 0 aliphatic rings. The number of nitrogen functional groups attached to an aromatic ring is 1. The summed E-state index contributed by atoms with van der Waals surface area (Å²) in [6.07, 6.45) is 0. The van der Waals surface area contributed by atoms with Crippen LogP contribution in [-0.4, -0.2) is 5.11 Å². The van der Waals surface area contributed by atoms with Crippen molar-refractivity contribution >= 4 is 16.7 Å². The van der Waals surface area contributed by atoms with Gasteiger partial charge < -0.3 is 15.3 Å². The van der Waals surface area contributed by atoms with E-state index >= 15 is 0 Å². The van der Waals surface area contributed by atoms with Gasteiger partial charge in [-0.1, -0.05) is 0 Å². The highest BCUT2D eigenvalue weighted by molar-refractivity contribution is 5.88. The second kappa shape index (κ2) is 2.52. The van der Waals surface area contributed by atoms with E-state index in [1.165, 1.54) is 18.2 Å². The Morgan fingerprint density at radius 3 is 2.85 bits per heavy atom. The molecule has 0 radical (unpaired) electrons. The first-order chi connectivity index (χ1) is 6.16. The molecule has 1 heterocycles. The Labute approximate surface area is 73.2 Å². The predicted octanol–water partition coefficient (Wildman–Crippen LogP) is 1.08. The summed E-state index contributed by atoms with van der Waals surface area (Å²) in [5, 5.41) is 9.73. The average Bonchev–Trinajstić information content (AvgIpc) is 2.02. The van der Waals surface area contributed by atoms with Crippen LogP contribution >= 0.6 is 0 Å². The summed E-state index contributed by atoms with van der Waals surface area (Å²) in [6.45, 7) is 0. The summed E-state index contributed by atoms with van der Waals surface area (Å²) in [7, 11) is 0. The Morgan fingerprint density at radius 2 is 2.08 bits per heavy atom. The first kappa shape index (κ1) is 7.67. The smallest absolute Gasteiger partial charge is 0.338 e. The van der Waals surface area contributed by atoms with E-state index in [1.54, 1.807) is 6.07 Å².